The van der Waals surface area contributed by atoms with Crippen LogP contribution in [-0.2, 0) is 6.54 Å². The highest BCUT2D eigenvalue weighted by molar-refractivity contribution is 5.71. The minimum Gasteiger partial charge on any atom is -0.371 e. The van der Waals surface area contributed by atoms with Crippen molar-refractivity contribution in [1.29, 1.82) is 0 Å². The molecule has 6 heteroatoms. The molecule has 0 saturated carbocycles. The van der Waals surface area contributed by atoms with Gasteiger partial charge in [-0.15, -0.1) is 0 Å². The maximum atomic E-state index is 13.4. The van der Waals surface area contributed by atoms with Gasteiger partial charge in [-0.25, -0.2) is 14.1 Å². The predicted molar refractivity (Wildman–Crippen MR) is 120 cm³/mol. The SMILES string of the molecule is CC[C@H]1CCN(c2ccc3c(c2)Cn2cc(-c4ccc(F)cc4)cc2-c2ncnn2-3)C1. The van der Waals surface area contributed by atoms with E-state index < -0.39 is 0 Å². The Morgan fingerprint density at radius 2 is 1.94 bits per heavy atom. The number of hydrogen-bond donors (Lipinski definition) is 0. The lowest BCUT2D eigenvalue weighted by Gasteiger charge is -2.20. The van der Waals surface area contributed by atoms with Gasteiger partial charge in [-0.3, -0.25) is 0 Å². The standard InChI is InChI=1S/C25H24FN5/c1-2-17-9-10-29(13-17)22-7-8-23-20(11-22)15-30-14-19(18-3-5-21(26)6-4-18)12-24(30)25-27-16-28-31(23)25/h3-8,11-12,14,16-17H,2,9-10,13,15H2,1H3/t17-/m0/s1. The first kappa shape index (κ1) is 18.4. The minimum atomic E-state index is -0.224. The van der Waals surface area contributed by atoms with Crippen molar-refractivity contribution in [1.82, 2.24) is 19.3 Å². The lowest BCUT2D eigenvalue weighted by Crippen LogP contribution is -2.20. The van der Waals surface area contributed by atoms with Gasteiger partial charge in [0.05, 0.1) is 11.4 Å². The van der Waals surface area contributed by atoms with Crippen LogP contribution in [0.4, 0.5) is 10.1 Å². The van der Waals surface area contributed by atoms with Crippen LogP contribution in [0.15, 0.2) is 61.1 Å². The smallest absolute Gasteiger partial charge is 0.179 e. The third-order valence-corrected chi connectivity index (χ3v) is 6.71. The zero-order valence-corrected chi connectivity index (χ0v) is 17.5. The molecule has 4 heterocycles. The number of rotatable bonds is 3. The highest BCUT2D eigenvalue weighted by Crippen LogP contribution is 2.35. The highest BCUT2D eigenvalue weighted by Gasteiger charge is 2.25. The molecule has 0 spiro atoms. The van der Waals surface area contributed by atoms with Crippen molar-refractivity contribution in [2.24, 2.45) is 5.92 Å². The molecule has 0 amide bonds. The van der Waals surface area contributed by atoms with Crippen molar-refractivity contribution in [2.45, 2.75) is 26.3 Å². The first-order chi connectivity index (χ1) is 15.2. The van der Waals surface area contributed by atoms with Crippen LogP contribution in [0.5, 0.6) is 0 Å². The van der Waals surface area contributed by atoms with Gasteiger partial charge in [0.1, 0.15) is 12.1 Å². The van der Waals surface area contributed by atoms with E-state index in [1.165, 1.54) is 36.2 Å². The van der Waals surface area contributed by atoms with E-state index in [4.69, 9.17) is 0 Å². The first-order valence-corrected chi connectivity index (χ1v) is 10.9. The molecule has 156 valence electrons. The summed E-state index contributed by atoms with van der Waals surface area (Å²) in [5.41, 5.74) is 6.64. The van der Waals surface area contributed by atoms with Gasteiger partial charge in [-0.2, -0.15) is 5.10 Å². The van der Waals surface area contributed by atoms with Gasteiger partial charge in [0.15, 0.2) is 5.82 Å². The molecule has 2 aliphatic heterocycles. The average molecular weight is 414 g/mol. The average Bonchev–Trinajstić information content (AvgIpc) is 3.52. The quantitative estimate of drug-likeness (QED) is 0.411. The molecule has 2 aromatic carbocycles. The summed E-state index contributed by atoms with van der Waals surface area (Å²) in [6.45, 7) is 5.28. The fourth-order valence-electron chi connectivity index (χ4n) is 4.91. The third-order valence-electron chi connectivity index (χ3n) is 6.71. The molecule has 0 radical (unpaired) electrons. The van der Waals surface area contributed by atoms with Crippen molar-refractivity contribution < 1.29 is 4.39 Å². The molecule has 0 unspecified atom stereocenters. The number of benzene rings is 2. The minimum absolute atomic E-state index is 0.224. The van der Waals surface area contributed by atoms with E-state index in [-0.39, 0.29) is 5.82 Å². The number of fused-ring (bicyclic) bond motifs is 5. The molecule has 0 N–H and O–H groups in total. The Labute approximate surface area is 180 Å². The summed E-state index contributed by atoms with van der Waals surface area (Å²) in [4.78, 5) is 7.06. The molecule has 0 aliphatic carbocycles. The zero-order chi connectivity index (χ0) is 20.9. The largest absolute Gasteiger partial charge is 0.371 e. The summed E-state index contributed by atoms with van der Waals surface area (Å²) in [5.74, 6) is 1.39. The Bertz CT molecular complexity index is 1250. The molecule has 1 saturated heterocycles. The molecule has 5 nitrogen and oxygen atoms in total. The Morgan fingerprint density at radius 3 is 2.74 bits per heavy atom. The lowest BCUT2D eigenvalue weighted by atomic mass is 10.1. The van der Waals surface area contributed by atoms with Crippen LogP contribution in [0.2, 0.25) is 0 Å². The van der Waals surface area contributed by atoms with Crippen LogP contribution >= 0.6 is 0 Å². The molecule has 2 aliphatic rings. The maximum absolute atomic E-state index is 13.4. The van der Waals surface area contributed by atoms with Gasteiger partial charge in [-0.05, 0) is 59.9 Å². The van der Waals surface area contributed by atoms with Gasteiger partial charge >= 0.3 is 0 Å². The van der Waals surface area contributed by atoms with Crippen LogP contribution in [0.1, 0.15) is 25.3 Å². The van der Waals surface area contributed by atoms with Gasteiger partial charge in [0.2, 0.25) is 0 Å². The summed E-state index contributed by atoms with van der Waals surface area (Å²) in [7, 11) is 0. The molecule has 1 fully saturated rings. The summed E-state index contributed by atoms with van der Waals surface area (Å²) in [6, 6.07) is 15.5. The molecule has 0 bridgehead atoms. The Morgan fingerprint density at radius 1 is 1.06 bits per heavy atom. The van der Waals surface area contributed by atoms with Gasteiger partial charge in [0.25, 0.3) is 0 Å². The second kappa shape index (κ2) is 7.08. The third kappa shape index (κ3) is 3.05. The van der Waals surface area contributed by atoms with E-state index in [9.17, 15) is 4.39 Å². The molecular weight excluding hydrogens is 389 g/mol. The van der Waals surface area contributed by atoms with E-state index in [0.29, 0.717) is 0 Å². The predicted octanol–water partition coefficient (Wildman–Crippen LogP) is 5.14. The van der Waals surface area contributed by atoms with Crippen LogP contribution in [0.3, 0.4) is 0 Å². The van der Waals surface area contributed by atoms with Crippen molar-refractivity contribution in [3.8, 4) is 28.3 Å². The second-order valence-corrected chi connectivity index (χ2v) is 8.57. The topological polar surface area (TPSA) is 38.9 Å². The summed E-state index contributed by atoms with van der Waals surface area (Å²) >= 11 is 0. The number of anilines is 1. The van der Waals surface area contributed by atoms with Crippen molar-refractivity contribution in [3.63, 3.8) is 0 Å². The zero-order valence-electron chi connectivity index (χ0n) is 17.5. The van der Waals surface area contributed by atoms with E-state index in [0.717, 1.165) is 53.9 Å². The first-order valence-electron chi connectivity index (χ1n) is 10.9. The van der Waals surface area contributed by atoms with Crippen LogP contribution in [-0.4, -0.2) is 32.4 Å². The molecule has 4 aromatic rings. The van der Waals surface area contributed by atoms with Gasteiger partial charge in [0, 0.05) is 37.1 Å². The van der Waals surface area contributed by atoms with Crippen LogP contribution < -0.4 is 4.90 Å². The monoisotopic (exact) mass is 413 g/mol. The van der Waals surface area contributed by atoms with Crippen molar-refractivity contribution >= 4 is 5.69 Å². The normalized spacial score (nSPS) is 17.2. The number of hydrogen-bond acceptors (Lipinski definition) is 3. The number of aromatic nitrogens is 4. The van der Waals surface area contributed by atoms with E-state index in [1.807, 2.05) is 16.8 Å². The summed E-state index contributed by atoms with van der Waals surface area (Å²) in [6.07, 6.45) is 6.25. The Kier molecular flexibility index (Phi) is 4.19. The maximum Gasteiger partial charge on any atom is 0.179 e. The fourth-order valence-corrected chi connectivity index (χ4v) is 4.91. The van der Waals surface area contributed by atoms with Crippen LogP contribution in [0.25, 0.3) is 28.3 Å². The second-order valence-electron chi connectivity index (χ2n) is 8.57. The Hall–Kier alpha value is -3.41. The molecule has 1 atom stereocenters. The summed E-state index contributed by atoms with van der Waals surface area (Å²) in [5, 5.41) is 4.53. The molecule has 6 rings (SSSR count). The Balaban J connectivity index is 1.43. The van der Waals surface area contributed by atoms with E-state index in [2.05, 4.69) is 56.9 Å². The molecule has 31 heavy (non-hydrogen) atoms. The van der Waals surface area contributed by atoms with E-state index in [1.54, 1.807) is 6.33 Å². The summed E-state index contributed by atoms with van der Waals surface area (Å²) < 4.78 is 17.6. The lowest BCUT2D eigenvalue weighted by molar-refractivity contribution is 0.569. The van der Waals surface area contributed by atoms with Gasteiger partial charge < -0.3 is 9.47 Å². The van der Waals surface area contributed by atoms with Gasteiger partial charge in [-0.1, -0.05) is 25.5 Å². The molecular formula is C25H24FN5. The number of halogens is 1. The highest BCUT2D eigenvalue weighted by atomic mass is 19.1. The van der Waals surface area contributed by atoms with Crippen molar-refractivity contribution in [3.05, 3.63) is 72.4 Å². The van der Waals surface area contributed by atoms with Crippen LogP contribution in [0, 0.1) is 11.7 Å². The van der Waals surface area contributed by atoms with Crippen molar-refractivity contribution in [2.75, 3.05) is 18.0 Å². The number of nitrogens with zero attached hydrogens (tertiary/aromatic N) is 5. The van der Waals surface area contributed by atoms with E-state index >= 15 is 0 Å². The fraction of sp³-hybridized carbons (Fsp3) is 0.280. The molecule has 2 aromatic heterocycles.